The Morgan fingerprint density at radius 3 is 2.40 bits per heavy atom. The van der Waals surface area contributed by atoms with Crippen molar-refractivity contribution in [3.63, 3.8) is 0 Å². The molecule has 2 N–H and O–H groups in total. The number of alkyl halides is 4. The van der Waals surface area contributed by atoms with Gasteiger partial charge in [-0.2, -0.15) is 17.6 Å². The van der Waals surface area contributed by atoms with E-state index in [1.54, 1.807) is 6.07 Å². The van der Waals surface area contributed by atoms with Gasteiger partial charge in [-0.05, 0) is 12.5 Å². The van der Waals surface area contributed by atoms with Crippen molar-refractivity contribution in [2.75, 3.05) is 0 Å². The highest BCUT2D eigenvalue weighted by atomic mass is 35.5. The molecule has 0 fully saturated rings. The maximum absolute atomic E-state index is 12.9. The molecule has 1 rings (SSSR count). The third-order valence-electron chi connectivity index (χ3n) is 2.69. The first kappa shape index (κ1) is 19.0. The minimum absolute atomic E-state index is 0. The highest BCUT2D eigenvalue weighted by molar-refractivity contribution is 5.85. The summed E-state index contributed by atoms with van der Waals surface area (Å²) in [5.41, 5.74) is 6.18. The van der Waals surface area contributed by atoms with Crippen LogP contribution in [0.2, 0.25) is 0 Å². The van der Waals surface area contributed by atoms with Crippen LogP contribution in [0.5, 0.6) is 5.75 Å². The van der Waals surface area contributed by atoms with Crippen LogP contribution in [0.15, 0.2) is 24.3 Å². The van der Waals surface area contributed by atoms with Crippen LogP contribution >= 0.6 is 12.4 Å². The topological polar surface area (TPSA) is 35.2 Å². The summed E-state index contributed by atoms with van der Waals surface area (Å²) in [5, 5.41) is 0. The molecule has 0 saturated carbocycles. The maximum Gasteiger partial charge on any atom is 0.461 e. The van der Waals surface area contributed by atoms with Crippen molar-refractivity contribution in [3.8, 4) is 5.75 Å². The molecular weight excluding hydrogens is 298 g/mol. The van der Waals surface area contributed by atoms with Gasteiger partial charge in [-0.25, -0.2) is 0 Å². The van der Waals surface area contributed by atoms with Gasteiger partial charge in [0.15, 0.2) is 0 Å². The van der Waals surface area contributed by atoms with Crippen LogP contribution in [-0.2, 0) is 0 Å². The fourth-order valence-corrected chi connectivity index (χ4v) is 1.65. The number of hydrogen-bond donors (Lipinski definition) is 1. The molecule has 0 aliphatic rings. The normalized spacial score (nSPS) is 12.9. The Morgan fingerprint density at radius 1 is 1.25 bits per heavy atom. The van der Waals surface area contributed by atoms with Gasteiger partial charge in [0, 0.05) is 11.6 Å². The van der Waals surface area contributed by atoms with E-state index in [2.05, 4.69) is 4.74 Å². The second kappa shape index (κ2) is 8.32. The van der Waals surface area contributed by atoms with Crippen LogP contribution in [0, 0.1) is 0 Å². The summed E-state index contributed by atoms with van der Waals surface area (Å²) in [7, 11) is 0. The summed E-state index contributed by atoms with van der Waals surface area (Å²) >= 11 is 0. The predicted octanol–water partition coefficient (Wildman–Crippen LogP) is 4.54. The Labute approximate surface area is 121 Å². The molecule has 1 aromatic carbocycles. The summed E-state index contributed by atoms with van der Waals surface area (Å²) in [4.78, 5) is 0. The molecule has 0 spiro atoms. The lowest BCUT2D eigenvalue weighted by molar-refractivity contribution is -0.253. The number of unbranched alkanes of at least 4 members (excludes halogenated alkanes) is 1. The number of rotatable bonds is 7. The van der Waals surface area contributed by atoms with Crippen molar-refractivity contribution >= 4 is 12.4 Å². The van der Waals surface area contributed by atoms with Gasteiger partial charge in [0.1, 0.15) is 5.75 Å². The van der Waals surface area contributed by atoms with Crippen LogP contribution in [0.4, 0.5) is 17.6 Å². The van der Waals surface area contributed by atoms with E-state index in [4.69, 9.17) is 5.73 Å². The van der Waals surface area contributed by atoms with Crippen molar-refractivity contribution in [1.82, 2.24) is 0 Å². The molecule has 0 amide bonds. The zero-order valence-corrected chi connectivity index (χ0v) is 11.8. The van der Waals surface area contributed by atoms with E-state index in [0.29, 0.717) is 12.0 Å². The molecule has 1 aromatic rings. The van der Waals surface area contributed by atoms with Crippen molar-refractivity contribution in [2.45, 2.75) is 44.8 Å². The van der Waals surface area contributed by atoms with E-state index in [-0.39, 0.29) is 18.2 Å². The number of hydrogen-bond acceptors (Lipinski definition) is 2. The second-order valence-corrected chi connectivity index (χ2v) is 4.25. The summed E-state index contributed by atoms with van der Waals surface area (Å²) in [5.74, 6) is -0.295. The number of benzene rings is 1. The molecule has 0 aliphatic heterocycles. The minimum atomic E-state index is -4.51. The zero-order chi connectivity index (χ0) is 14.5. The van der Waals surface area contributed by atoms with Gasteiger partial charge in [0.25, 0.3) is 0 Å². The SMILES string of the molecule is CCCC[C@H](N)c1ccccc1OC(F)(F)C(F)F.Cl. The van der Waals surface area contributed by atoms with Crippen molar-refractivity contribution in [3.05, 3.63) is 29.8 Å². The average molecular weight is 316 g/mol. The van der Waals surface area contributed by atoms with Crippen LogP contribution < -0.4 is 10.5 Å². The van der Waals surface area contributed by atoms with Gasteiger partial charge in [-0.1, -0.05) is 38.0 Å². The number of halogens is 5. The molecule has 0 radical (unpaired) electrons. The van der Waals surface area contributed by atoms with Gasteiger partial charge >= 0.3 is 12.5 Å². The molecule has 0 heterocycles. The predicted molar refractivity (Wildman–Crippen MR) is 71.7 cm³/mol. The lowest BCUT2D eigenvalue weighted by Crippen LogP contribution is -2.34. The number of nitrogens with two attached hydrogens (primary N) is 1. The van der Waals surface area contributed by atoms with E-state index in [0.717, 1.165) is 12.8 Å². The van der Waals surface area contributed by atoms with Gasteiger partial charge in [-0.3, -0.25) is 0 Å². The summed E-state index contributed by atoms with van der Waals surface area (Å²) < 4.78 is 54.2. The van der Waals surface area contributed by atoms with Crippen LogP contribution in [0.25, 0.3) is 0 Å². The molecule has 7 heteroatoms. The summed E-state index contributed by atoms with van der Waals surface area (Å²) in [6.45, 7) is 1.97. The lowest BCUT2D eigenvalue weighted by Gasteiger charge is -2.21. The Morgan fingerprint density at radius 2 is 1.85 bits per heavy atom. The van der Waals surface area contributed by atoms with Crippen molar-refractivity contribution in [2.24, 2.45) is 5.73 Å². The minimum Gasteiger partial charge on any atom is -0.428 e. The zero-order valence-electron chi connectivity index (χ0n) is 11.0. The fourth-order valence-electron chi connectivity index (χ4n) is 1.65. The number of ether oxygens (including phenoxy) is 1. The Bertz CT molecular complexity index is 404. The molecule has 0 aliphatic carbocycles. The maximum atomic E-state index is 12.9. The Hall–Kier alpha value is -1.01. The molecule has 0 bridgehead atoms. The lowest BCUT2D eigenvalue weighted by atomic mass is 10.0. The molecular formula is C13H18ClF4NO. The highest BCUT2D eigenvalue weighted by Crippen LogP contribution is 2.33. The van der Waals surface area contributed by atoms with E-state index >= 15 is 0 Å². The summed E-state index contributed by atoms with van der Waals surface area (Å²) in [6, 6.07) is 5.26. The van der Waals surface area contributed by atoms with Crippen molar-refractivity contribution < 1.29 is 22.3 Å². The van der Waals surface area contributed by atoms with Crippen LogP contribution in [0.3, 0.4) is 0 Å². The molecule has 116 valence electrons. The monoisotopic (exact) mass is 315 g/mol. The van der Waals surface area contributed by atoms with Gasteiger partial charge < -0.3 is 10.5 Å². The first-order valence-electron chi connectivity index (χ1n) is 6.08. The average Bonchev–Trinajstić information content (AvgIpc) is 2.36. The van der Waals surface area contributed by atoms with E-state index in [1.165, 1.54) is 18.2 Å². The number of para-hydroxylation sites is 1. The summed E-state index contributed by atoms with van der Waals surface area (Å²) in [6.07, 6.45) is -6.09. The van der Waals surface area contributed by atoms with E-state index in [9.17, 15) is 17.6 Å². The van der Waals surface area contributed by atoms with Crippen LogP contribution in [0.1, 0.15) is 37.8 Å². The third kappa shape index (κ3) is 5.17. The molecule has 0 aromatic heterocycles. The van der Waals surface area contributed by atoms with Crippen molar-refractivity contribution in [1.29, 1.82) is 0 Å². The van der Waals surface area contributed by atoms with E-state index in [1.807, 2.05) is 6.92 Å². The van der Waals surface area contributed by atoms with Gasteiger partial charge in [0.05, 0.1) is 0 Å². The Kier molecular flexibility index (Phi) is 7.90. The molecule has 0 saturated heterocycles. The largest absolute Gasteiger partial charge is 0.461 e. The van der Waals surface area contributed by atoms with Gasteiger partial charge in [0.2, 0.25) is 0 Å². The highest BCUT2D eigenvalue weighted by Gasteiger charge is 2.44. The molecule has 1 atom stereocenters. The first-order chi connectivity index (χ1) is 8.88. The van der Waals surface area contributed by atoms with Crippen LogP contribution in [-0.4, -0.2) is 12.5 Å². The molecule has 0 unspecified atom stereocenters. The fraction of sp³-hybridized carbons (Fsp3) is 0.538. The second-order valence-electron chi connectivity index (χ2n) is 4.25. The standard InChI is InChI=1S/C13H17F4NO.ClH/c1-2-3-7-10(18)9-6-4-5-8-11(9)19-13(16,17)12(14)15;/h4-6,8,10,12H,2-3,7,18H2,1H3;1H/t10-;/m0./s1. The smallest absolute Gasteiger partial charge is 0.428 e. The Balaban J connectivity index is 0.00000361. The van der Waals surface area contributed by atoms with E-state index < -0.39 is 18.6 Å². The first-order valence-corrected chi connectivity index (χ1v) is 6.08. The molecule has 20 heavy (non-hydrogen) atoms. The third-order valence-corrected chi connectivity index (χ3v) is 2.69. The molecule has 2 nitrogen and oxygen atoms in total. The quantitative estimate of drug-likeness (QED) is 0.750. The van der Waals surface area contributed by atoms with Gasteiger partial charge in [-0.15, -0.1) is 12.4 Å².